The SMILES string of the molecule is CCCC(CCC)C(=O)Nc1ccc2c(Cc3cnc4ccccc4c3)n[nH]c(=O)c2c1. The molecule has 2 aromatic carbocycles. The van der Waals surface area contributed by atoms with Crippen LogP contribution in [0.5, 0.6) is 0 Å². The van der Waals surface area contributed by atoms with Gasteiger partial charge in [-0.05, 0) is 42.7 Å². The molecule has 2 heterocycles. The van der Waals surface area contributed by atoms with Crippen LogP contribution in [0, 0.1) is 5.92 Å². The van der Waals surface area contributed by atoms with E-state index in [1.165, 1.54) is 0 Å². The zero-order valence-electron chi connectivity index (χ0n) is 18.5. The highest BCUT2D eigenvalue weighted by Crippen LogP contribution is 2.23. The minimum absolute atomic E-state index is 0.00705. The van der Waals surface area contributed by atoms with Crippen molar-refractivity contribution in [3.05, 3.63) is 76.3 Å². The van der Waals surface area contributed by atoms with Crippen molar-refractivity contribution in [3.63, 3.8) is 0 Å². The van der Waals surface area contributed by atoms with Gasteiger partial charge in [0.1, 0.15) is 0 Å². The number of nitrogens with one attached hydrogen (secondary N) is 2. The van der Waals surface area contributed by atoms with Crippen molar-refractivity contribution in [1.29, 1.82) is 0 Å². The summed E-state index contributed by atoms with van der Waals surface area (Å²) in [7, 11) is 0. The van der Waals surface area contributed by atoms with Crippen LogP contribution in [-0.2, 0) is 11.2 Å². The van der Waals surface area contributed by atoms with Crippen LogP contribution in [0.1, 0.15) is 50.8 Å². The molecular formula is C26H28N4O2. The predicted octanol–water partition coefficient (Wildman–Crippen LogP) is 5.22. The first-order valence-electron chi connectivity index (χ1n) is 11.2. The fourth-order valence-corrected chi connectivity index (χ4v) is 4.19. The molecule has 0 fully saturated rings. The minimum Gasteiger partial charge on any atom is -0.326 e. The Morgan fingerprint density at radius 3 is 2.59 bits per heavy atom. The molecule has 6 nitrogen and oxygen atoms in total. The summed E-state index contributed by atoms with van der Waals surface area (Å²) in [4.78, 5) is 29.7. The molecule has 4 rings (SSSR count). The number of hydrogen-bond donors (Lipinski definition) is 2. The minimum atomic E-state index is -0.268. The van der Waals surface area contributed by atoms with E-state index < -0.39 is 0 Å². The zero-order chi connectivity index (χ0) is 22.5. The fourth-order valence-electron chi connectivity index (χ4n) is 4.19. The number of rotatable bonds is 8. The van der Waals surface area contributed by atoms with Gasteiger partial charge in [0.15, 0.2) is 0 Å². The third-order valence-electron chi connectivity index (χ3n) is 5.80. The lowest BCUT2D eigenvalue weighted by Gasteiger charge is -2.15. The quantitative estimate of drug-likeness (QED) is 0.403. The maximum atomic E-state index is 12.7. The number of benzene rings is 2. The number of pyridine rings is 1. The molecule has 0 aliphatic carbocycles. The van der Waals surface area contributed by atoms with Gasteiger partial charge >= 0.3 is 0 Å². The average Bonchev–Trinajstić information content (AvgIpc) is 2.81. The van der Waals surface area contributed by atoms with Crippen LogP contribution < -0.4 is 10.9 Å². The number of nitrogens with zero attached hydrogens (tertiary/aromatic N) is 2. The molecule has 1 amide bonds. The third-order valence-corrected chi connectivity index (χ3v) is 5.80. The van der Waals surface area contributed by atoms with Crippen LogP contribution >= 0.6 is 0 Å². The van der Waals surface area contributed by atoms with Crippen LogP contribution in [-0.4, -0.2) is 21.1 Å². The van der Waals surface area contributed by atoms with Gasteiger partial charge in [0.25, 0.3) is 5.56 Å². The average molecular weight is 429 g/mol. The molecule has 2 aromatic heterocycles. The summed E-state index contributed by atoms with van der Waals surface area (Å²) in [5.41, 5.74) is 3.10. The lowest BCUT2D eigenvalue weighted by Crippen LogP contribution is -2.23. The molecule has 0 atom stereocenters. The first kappa shape index (κ1) is 21.7. The standard InChI is InChI=1S/C26H28N4O2/c1-3-7-18(8-4-2)25(31)28-20-11-12-21-22(15-20)26(32)30-29-24(21)14-17-13-19-9-5-6-10-23(19)27-16-17/h5-6,9-13,15-16,18H,3-4,7-8,14H2,1-2H3,(H,28,31)(H,30,32). The number of H-pyrrole nitrogens is 1. The van der Waals surface area contributed by atoms with Gasteiger partial charge < -0.3 is 5.32 Å². The number of anilines is 1. The summed E-state index contributed by atoms with van der Waals surface area (Å²) in [6.45, 7) is 4.18. The van der Waals surface area contributed by atoms with E-state index in [1.54, 1.807) is 6.07 Å². The van der Waals surface area contributed by atoms with E-state index in [0.29, 0.717) is 17.5 Å². The molecule has 0 unspecified atom stereocenters. The van der Waals surface area contributed by atoms with E-state index in [-0.39, 0.29) is 17.4 Å². The molecule has 0 bridgehead atoms. The summed E-state index contributed by atoms with van der Waals surface area (Å²) >= 11 is 0. The van der Waals surface area contributed by atoms with Crippen molar-refractivity contribution in [2.45, 2.75) is 46.0 Å². The van der Waals surface area contributed by atoms with Crippen molar-refractivity contribution in [3.8, 4) is 0 Å². The number of carbonyl (C=O) groups is 1. The first-order valence-corrected chi connectivity index (χ1v) is 11.2. The summed E-state index contributed by atoms with van der Waals surface area (Å²) in [5.74, 6) is 0.00776. The Hall–Kier alpha value is -3.54. The molecule has 2 N–H and O–H groups in total. The van der Waals surface area contributed by atoms with Gasteiger partial charge in [-0.2, -0.15) is 5.10 Å². The van der Waals surface area contributed by atoms with Gasteiger partial charge in [0, 0.05) is 35.0 Å². The Morgan fingerprint density at radius 2 is 1.81 bits per heavy atom. The van der Waals surface area contributed by atoms with Crippen LogP contribution in [0.15, 0.2) is 59.5 Å². The Morgan fingerprint density at radius 1 is 1.03 bits per heavy atom. The molecule has 4 aromatic rings. The lowest BCUT2D eigenvalue weighted by atomic mass is 9.97. The van der Waals surface area contributed by atoms with Gasteiger partial charge in [-0.25, -0.2) is 5.10 Å². The number of fused-ring (bicyclic) bond motifs is 2. The summed E-state index contributed by atoms with van der Waals surface area (Å²) in [6, 6.07) is 15.5. The van der Waals surface area contributed by atoms with Crippen LogP contribution in [0.4, 0.5) is 5.69 Å². The first-order chi connectivity index (χ1) is 15.6. The van der Waals surface area contributed by atoms with Crippen molar-refractivity contribution in [1.82, 2.24) is 15.2 Å². The number of amides is 1. The number of hydrogen-bond acceptors (Lipinski definition) is 4. The zero-order valence-corrected chi connectivity index (χ0v) is 18.5. The topological polar surface area (TPSA) is 87.7 Å². The van der Waals surface area contributed by atoms with E-state index in [2.05, 4.69) is 40.4 Å². The summed E-state index contributed by atoms with van der Waals surface area (Å²) in [5, 5.41) is 12.3. The van der Waals surface area contributed by atoms with Crippen LogP contribution in [0.3, 0.4) is 0 Å². The van der Waals surface area contributed by atoms with Gasteiger partial charge in [-0.3, -0.25) is 14.6 Å². The Bertz CT molecular complexity index is 1310. The normalized spacial score (nSPS) is 11.3. The Kier molecular flexibility index (Phi) is 6.59. The Balaban J connectivity index is 1.62. The highest BCUT2D eigenvalue weighted by molar-refractivity contribution is 5.95. The molecular weight excluding hydrogens is 400 g/mol. The molecule has 0 radical (unpaired) electrons. The van der Waals surface area contributed by atoms with Crippen molar-refractivity contribution < 1.29 is 4.79 Å². The molecule has 0 saturated heterocycles. The second-order valence-corrected chi connectivity index (χ2v) is 8.24. The second-order valence-electron chi connectivity index (χ2n) is 8.24. The van der Waals surface area contributed by atoms with Gasteiger partial charge in [0.2, 0.25) is 5.91 Å². The number of aromatic nitrogens is 3. The molecule has 164 valence electrons. The van der Waals surface area contributed by atoms with Crippen LogP contribution in [0.2, 0.25) is 0 Å². The number of carbonyl (C=O) groups excluding carboxylic acids is 1. The van der Waals surface area contributed by atoms with Crippen molar-refractivity contribution >= 4 is 33.3 Å². The number of para-hydroxylation sites is 1. The molecule has 0 spiro atoms. The monoisotopic (exact) mass is 428 g/mol. The summed E-state index contributed by atoms with van der Waals surface area (Å²) in [6.07, 6.45) is 6.05. The van der Waals surface area contributed by atoms with Crippen molar-refractivity contribution in [2.24, 2.45) is 5.92 Å². The highest BCUT2D eigenvalue weighted by Gasteiger charge is 2.17. The molecule has 6 heteroatoms. The van der Waals surface area contributed by atoms with Gasteiger partial charge in [-0.15, -0.1) is 0 Å². The Labute approximate surface area is 187 Å². The predicted molar refractivity (Wildman–Crippen MR) is 129 cm³/mol. The molecule has 32 heavy (non-hydrogen) atoms. The van der Waals surface area contributed by atoms with E-state index >= 15 is 0 Å². The maximum absolute atomic E-state index is 12.7. The number of aromatic amines is 1. The summed E-state index contributed by atoms with van der Waals surface area (Å²) < 4.78 is 0. The van der Waals surface area contributed by atoms with Crippen LogP contribution in [0.25, 0.3) is 21.7 Å². The van der Waals surface area contributed by atoms with Gasteiger partial charge in [-0.1, -0.05) is 51.0 Å². The van der Waals surface area contributed by atoms with Gasteiger partial charge in [0.05, 0.1) is 16.6 Å². The highest BCUT2D eigenvalue weighted by atomic mass is 16.2. The van der Waals surface area contributed by atoms with E-state index in [0.717, 1.165) is 53.2 Å². The maximum Gasteiger partial charge on any atom is 0.272 e. The smallest absolute Gasteiger partial charge is 0.272 e. The van der Waals surface area contributed by atoms with E-state index in [9.17, 15) is 9.59 Å². The van der Waals surface area contributed by atoms with E-state index in [4.69, 9.17) is 0 Å². The lowest BCUT2D eigenvalue weighted by molar-refractivity contribution is -0.120. The largest absolute Gasteiger partial charge is 0.326 e. The van der Waals surface area contributed by atoms with Crippen molar-refractivity contribution in [2.75, 3.05) is 5.32 Å². The van der Waals surface area contributed by atoms with E-state index in [1.807, 2.05) is 42.6 Å². The third kappa shape index (κ3) is 4.69. The molecule has 0 aliphatic rings. The molecule has 0 aliphatic heterocycles. The fraction of sp³-hybridized carbons (Fsp3) is 0.308. The second kappa shape index (κ2) is 9.73. The molecule has 0 saturated carbocycles.